The van der Waals surface area contributed by atoms with Crippen LogP contribution in [0, 0.1) is 15.9 Å². The number of methoxy groups -OCH3 is 1. The molecule has 0 N–H and O–H groups in total. The Labute approximate surface area is 157 Å². The Balaban J connectivity index is 2.11. The first kappa shape index (κ1) is 18.5. The number of esters is 1. The summed E-state index contributed by atoms with van der Waals surface area (Å²) in [5.41, 5.74) is 1.03. The Hall–Kier alpha value is -3.26. The van der Waals surface area contributed by atoms with Crippen molar-refractivity contribution in [3.05, 3.63) is 74.7 Å². The topological polar surface area (TPSA) is 87.3 Å². The van der Waals surface area contributed by atoms with Crippen molar-refractivity contribution in [2.75, 3.05) is 7.11 Å². The first-order chi connectivity index (χ1) is 12.9. The lowest BCUT2D eigenvalue weighted by atomic mass is 10.1. The molecular formula is C18H13ClFN3O4. The SMILES string of the molecule is COC(=O)C=Cc1nn(Cc2ccc(Cl)cc2F)c2cc([N+](=O)[O-])ccc12. The molecule has 0 saturated heterocycles. The summed E-state index contributed by atoms with van der Waals surface area (Å²) in [6.07, 6.45) is 2.63. The minimum Gasteiger partial charge on any atom is -0.466 e. The number of nitro benzene ring substituents is 1. The smallest absolute Gasteiger partial charge is 0.330 e. The van der Waals surface area contributed by atoms with Crippen LogP contribution >= 0.6 is 11.6 Å². The van der Waals surface area contributed by atoms with Crippen molar-refractivity contribution in [2.24, 2.45) is 0 Å². The summed E-state index contributed by atoms with van der Waals surface area (Å²) in [4.78, 5) is 21.9. The van der Waals surface area contributed by atoms with E-state index in [1.807, 2.05) is 0 Å². The number of halogens is 2. The molecule has 7 nitrogen and oxygen atoms in total. The van der Waals surface area contributed by atoms with Crippen LogP contribution in [0.25, 0.3) is 17.0 Å². The van der Waals surface area contributed by atoms with E-state index in [9.17, 15) is 19.3 Å². The number of aromatic nitrogens is 2. The number of carbonyl (C=O) groups excluding carboxylic acids is 1. The quantitative estimate of drug-likeness (QED) is 0.285. The number of hydrogen-bond donors (Lipinski definition) is 0. The summed E-state index contributed by atoms with van der Waals surface area (Å²) in [6, 6.07) is 8.48. The van der Waals surface area contributed by atoms with Crippen molar-refractivity contribution < 1.29 is 18.8 Å². The summed E-state index contributed by atoms with van der Waals surface area (Å²) >= 11 is 5.77. The number of fused-ring (bicyclic) bond motifs is 1. The summed E-state index contributed by atoms with van der Waals surface area (Å²) in [6.45, 7) is 0.0345. The molecule has 0 radical (unpaired) electrons. The molecule has 0 fully saturated rings. The van der Waals surface area contributed by atoms with Crippen LogP contribution in [0.1, 0.15) is 11.3 Å². The monoisotopic (exact) mass is 389 g/mol. The van der Waals surface area contributed by atoms with Crippen LogP contribution in [-0.4, -0.2) is 27.8 Å². The second kappa shape index (κ2) is 7.55. The van der Waals surface area contributed by atoms with Crippen LogP contribution < -0.4 is 0 Å². The van der Waals surface area contributed by atoms with E-state index >= 15 is 0 Å². The standard InChI is InChI=1S/C18H13ClFN3O4/c1-27-18(24)7-6-16-14-5-4-13(23(25)26)9-17(14)22(21-16)10-11-2-3-12(19)8-15(11)20/h2-9H,10H2,1H3. The molecule has 0 bridgehead atoms. The molecule has 0 aliphatic carbocycles. The molecule has 0 aliphatic heterocycles. The van der Waals surface area contributed by atoms with Gasteiger partial charge in [-0.3, -0.25) is 14.8 Å². The van der Waals surface area contributed by atoms with Crippen LogP contribution in [-0.2, 0) is 16.1 Å². The van der Waals surface area contributed by atoms with Crippen LogP contribution in [0.3, 0.4) is 0 Å². The molecule has 27 heavy (non-hydrogen) atoms. The number of non-ortho nitro benzene ring substituents is 1. The molecule has 0 unspecified atom stereocenters. The molecule has 0 saturated carbocycles. The average molecular weight is 390 g/mol. The molecule has 0 atom stereocenters. The molecule has 0 aliphatic rings. The van der Waals surface area contributed by atoms with E-state index < -0.39 is 16.7 Å². The molecule has 138 valence electrons. The van der Waals surface area contributed by atoms with Crippen molar-refractivity contribution in [1.82, 2.24) is 9.78 Å². The second-order valence-corrected chi connectivity index (χ2v) is 6.03. The maximum absolute atomic E-state index is 14.1. The van der Waals surface area contributed by atoms with Crippen molar-refractivity contribution in [3.8, 4) is 0 Å². The zero-order valence-corrected chi connectivity index (χ0v) is 14.8. The number of carbonyl (C=O) groups is 1. The van der Waals surface area contributed by atoms with Crippen molar-refractivity contribution in [3.63, 3.8) is 0 Å². The molecule has 3 aromatic rings. The summed E-state index contributed by atoms with van der Waals surface area (Å²) in [5, 5.41) is 16.3. The third kappa shape index (κ3) is 3.95. The lowest BCUT2D eigenvalue weighted by molar-refractivity contribution is -0.384. The number of rotatable bonds is 5. The largest absolute Gasteiger partial charge is 0.466 e. The second-order valence-electron chi connectivity index (χ2n) is 5.59. The van der Waals surface area contributed by atoms with Gasteiger partial charge >= 0.3 is 5.97 Å². The van der Waals surface area contributed by atoms with E-state index in [2.05, 4.69) is 9.84 Å². The summed E-state index contributed by atoms with van der Waals surface area (Å²) in [7, 11) is 1.25. The molecule has 3 rings (SSSR count). The summed E-state index contributed by atoms with van der Waals surface area (Å²) < 4.78 is 20.1. The fraction of sp³-hybridized carbons (Fsp3) is 0.111. The average Bonchev–Trinajstić information content (AvgIpc) is 2.99. The van der Waals surface area contributed by atoms with Crippen LogP contribution in [0.15, 0.2) is 42.5 Å². The van der Waals surface area contributed by atoms with Gasteiger partial charge in [-0.15, -0.1) is 0 Å². The van der Waals surface area contributed by atoms with E-state index in [1.165, 1.54) is 54.3 Å². The minimum atomic E-state index is -0.566. The van der Waals surface area contributed by atoms with Gasteiger partial charge in [0.1, 0.15) is 5.82 Å². The first-order valence-electron chi connectivity index (χ1n) is 7.74. The molecular weight excluding hydrogens is 377 g/mol. The first-order valence-corrected chi connectivity index (χ1v) is 8.11. The van der Waals surface area contributed by atoms with Crippen LogP contribution in [0.4, 0.5) is 10.1 Å². The lowest BCUT2D eigenvalue weighted by Gasteiger charge is -2.05. The molecule has 2 aromatic carbocycles. The lowest BCUT2D eigenvalue weighted by Crippen LogP contribution is -2.04. The number of nitrogens with zero attached hydrogens (tertiary/aromatic N) is 3. The highest BCUT2D eigenvalue weighted by Crippen LogP contribution is 2.26. The Bertz CT molecular complexity index is 1080. The maximum atomic E-state index is 14.1. The van der Waals surface area contributed by atoms with Gasteiger partial charge in [-0.1, -0.05) is 17.7 Å². The van der Waals surface area contributed by atoms with Crippen LogP contribution in [0.2, 0.25) is 5.02 Å². The maximum Gasteiger partial charge on any atom is 0.330 e. The highest BCUT2D eigenvalue weighted by atomic mass is 35.5. The van der Waals surface area contributed by atoms with Gasteiger partial charge in [0.05, 0.1) is 29.8 Å². The number of hydrogen-bond acceptors (Lipinski definition) is 5. The Morgan fingerprint density at radius 3 is 2.81 bits per heavy atom. The van der Waals surface area contributed by atoms with Crippen molar-refractivity contribution >= 4 is 40.2 Å². The third-order valence-electron chi connectivity index (χ3n) is 3.89. The van der Waals surface area contributed by atoms with Crippen molar-refractivity contribution in [1.29, 1.82) is 0 Å². The van der Waals surface area contributed by atoms with E-state index in [0.717, 1.165) is 0 Å². The van der Waals surface area contributed by atoms with Crippen molar-refractivity contribution in [2.45, 2.75) is 6.54 Å². The highest BCUT2D eigenvalue weighted by molar-refractivity contribution is 6.30. The predicted molar refractivity (Wildman–Crippen MR) is 97.9 cm³/mol. The third-order valence-corrected chi connectivity index (χ3v) is 4.12. The number of nitro groups is 1. The Morgan fingerprint density at radius 2 is 2.15 bits per heavy atom. The van der Waals surface area contributed by atoms with E-state index in [4.69, 9.17) is 11.6 Å². The Kier molecular flexibility index (Phi) is 5.18. The number of ether oxygens (including phenoxy) is 1. The van der Waals surface area contributed by atoms with Crippen LogP contribution in [0.5, 0.6) is 0 Å². The fourth-order valence-corrected chi connectivity index (χ4v) is 2.73. The highest BCUT2D eigenvalue weighted by Gasteiger charge is 2.15. The van der Waals surface area contributed by atoms with E-state index in [0.29, 0.717) is 22.2 Å². The minimum absolute atomic E-state index is 0.0345. The zero-order chi connectivity index (χ0) is 19.6. The van der Waals surface area contributed by atoms with Gasteiger partial charge in [0.25, 0.3) is 5.69 Å². The summed E-state index contributed by atoms with van der Waals surface area (Å²) in [5.74, 6) is -1.08. The fourth-order valence-electron chi connectivity index (χ4n) is 2.57. The molecule has 1 heterocycles. The molecule has 0 amide bonds. The van der Waals surface area contributed by atoms with Gasteiger partial charge in [0, 0.05) is 34.2 Å². The van der Waals surface area contributed by atoms with Gasteiger partial charge in [-0.25, -0.2) is 9.18 Å². The van der Waals surface area contributed by atoms with Gasteiger partial charge < -0.3 is 4.74 Å². The molecule has 9 heteroatoms. The Morgan fingerprint density at radius 1 is 1.37 bits per heavy atom. The normalized spacial score (nSPS) is 11.2. The van der Waals surface area contributed by atoms with Gasteiger partial charge in [0.15, 0.2) is 0 Å². The van der Waals surface area contributed by atoms with Gasteiger partial charge in [-0.05, 0) is 24.3 Å². The van der Waals surface area contributed by atoms with Gasteiger partial charge in [-0.2, -0.15) is 5.10 Å². The number of benzene rings is 2. The van der Waals surface area contributed by atoms with E-state index in [-0.39, 0.29) is 17.3 Å². The van der Waals surface area contributed by atoms with E-state index in [1.54, 1.807) is 6.07 Å². The zero-order valence-electron chi connectivity index (χ0n) is 14.1. The molecule has 0 spiro atoms. The molecule has 1 aromatic heterocycles. The predicted octanol–water partition coefficient (Wildman–Crippen LogP) is 3.97. The van der Waals surface area contributed by atoms with Gasteiger partial charge in [0.2, 0.25) is 0 Å².